The van der Waals surface area contributed by atoms with E-state index in [0.29, 0.717) is 12.2 Å². The van der Waals surface area contributed by atoms with Crippen molar-refractivity contribution in [3.05, 3.63) is 35.9 Å². The van der Waals surface area contributed by atoms with E-state index in [-0.39, 0.29) is 11.9 Å². The molecule has 1 aromatic rings. The number of hydrogen-bond acceptors (Lipinski definition) is 3. The highest BCUT2D eigenvalue weighted by molar-refractivity contribution is 5.90. The van der Waals surface area contributed by atoms with Crippen LogP contribution in [-0.4, -0.2) is 18.9 Å². The van der Waals surface area contributed by atoms with Crippen LogP contribution in [0.15, 0.2) is 35.9 Å². The molecule has 0 aromatic heterocycles. The molecule has 0 N–H and O–H groups in total. The molecule has 0 heterocycles. The summed E-state index contributed by atoms with van der Waals surface area (Å²) in [5.41, 5.74) is 1.96. The fourth-order valence-corrected chi connectivity index (χ4v) is 2.34. The largest absolute Gasteiger partial charge is 0.426 e. The molecule has 0 bridgehead atoms. The summed E-state index contributed by atoms with van der Waals surface area (Å²) in [6.45, 7) is 1.51. The number of carbonyl (C=O) groups excluding carboxylic acids is 2. The van der Waals surface area contributed by atoms with E-state index >= 15 is 0 Å². The van der Waals surface area contributed by atoms with Crippen molar-refractivity contribution in [2.75, 3.05) is 11.9 Å². The van der Waals surface area contributed by atoms with Gasteiger partial charge in [-0.2, -0.15) is 0 Å². The molecule has 0 spiro atoms. The van der Waals surface area contributed by atoms with Crippen molar-refractivity contribution in [1.82, 2.24) is 0 Å². The Morgan fingerprint density at radius 2 is 1.90 bits per heavy atom. The van der Waals surface area contributed by atoms with Gasteiger partial charge in [0.05, 0.1) is 6.42 Å². The summed E-state index contributed by atoms with van der Waals surface area (Å²) < 4.78 is 5.33. The molecule has 0 fully saturated rings. The second kappa shape index (κ2) is 7.07. The zero-order valence-electron chi connectivity index (χ0n) is 12.6. The maximum atomic E-state index is 11.9. The van der Waals surface area contributed by atoms with Gasteiger partial charge in [-0.3, -0.25) is 9.59 Å². The average molecular weight is 287 g/mol. The number of anilines is 1. The summed E-state index contributed by atoms with van der Waals surface area (Å²) in [4.78, 5) is 24.7. The Morgan fingerprint density at radius 3 is 2.48 bits per heavy atom. The van der Waals surface area contributed by atoms with Crippen LogP contribution in [0.3, 0.4) is 0 Å². The van der Waals surface area contributed by atoms with Gasteiger partial charge in [0.2, 0.25) is 5.91 Å². The summed E-state index contributed by atoms with van der Waals surface area (Å²) in [7, 11) is 1.71. The standard InChI is InChI=1S/C17H21NO3/c1-13(19)18(2)15-8-10-16(11-9-15)21-17(20)12-14-6-4-3-5-7-14/h6,8-11H,3-5,7,12H2,1-2H3. The van der Waals surface area contributed by atoms with Gasteiger partial charge in [-0.25, -0.2) is 0 Å². The van der Waals surface area contributed by atoms with Gasteiger partial charge in [-0.15, -0.1) is 0 Å². The Balaban J connectivity index is 1.92. The summed E-state index contributed by atoms with van der Waals surface area (Å²) in [5, 5.41) is 0. The number of rotatable bonds is 4. The summed E-state index contributed by atoms with van der Waals surface area (Å²) >= 11 is 0. The van der Waals surface area contributed by atoms with Crippen LogP contribution >= 0.6 is 0 Å². The van der Waals surface area contributed by atoms with Crippen LogP contribution in [0, 0.1) is 0 Å². The molecule has 2 rings (SSSR count). The average Bonchev–Trinajstić information content (AvgIpc) is 2.48. The third-order valence-corrected chi connectivity index (χ3v) is 3.68. The minimum Gasteiger partial charge on any atom is -0.426 e. The van der Waals surface area contributed by atoms with Gasteiger partial charge < -0.3 is 9.64 Å². The first kappa shape index (κ1) is 15.3. The molecular formula is C17H21NO3. The minimum atomic E-state index is -0.226. The van der Waals surface area contributed by atoms with Crippen molar-refractivity contribution in [3.63, 3.8) is 0 Å². The Bertz CT molecular complexity index is 546. The first-order valence-electron chi connectivity index (χ1n) is 7.29. The molecular weight excluding hydrogens is 266 g/mol. The molecule has 4 heteroatoms. The van der Waals surface area contributed by atoms with E-state index in [1.54, 1.807) is 36.2 Å². The van der Waals surface area contributed by atoms with Crippen LogP contribution in [0.25, 0.3) is 0 Å². The number of carbonyl (C=O) groups is 2. The molecule has 21 heavy (non-hydrogen) atoms. The van der Waals surface area contributed by atoms with Crippen molar-refractivity contribution in [2.45, 2.75) is 39.0 Å². The third kappa shape index (κ3) is 4.45. The predicted octanol–water partition coefficient (Wildman–Crippen LogP) is 3.47. The number of esters is 1. The first-order valence-corrected chi connectivity index (χ1v) is 7.29. The fraction of sp³-hybridized carbons (Fsp3) is 0.412. The lowest BCUT2D eigenvalue weighted by Gasteiger charge is -2.15. The zero-order chi connectivity index (χ0) is 15.2. The molecule has 0 saturated heterocycles. The molecule has 112 valence electrons. The van der Waals surface area contributed by atoms with E-state index in [4.69, 9.17) is 4.74 Å². The van der Waals surface area contributed by atoms with Crippen LogP contribution in [0.2, 0.25) is 0 Å². The van der Waals surface area contributed by atoms with E-state index in [2.05, 4.69) is 6.08 Å². The van der Waals surface area contributed by atoms with Crippen LogP contribution in [0.1, 0.15) is 39.0 Å². The highest BCUT2D eigenvalue weighted by Crippen LogP contribution is 2.22. The van der Waals surface area contributed by atoms with Crippen molar-refractivity contribution in [1.29, 1.82) is 0 Å². The van der Waals surface area contributed by atoms with Gasteiger partial charge in [0, 0.05) is 19.7 Å². The van der Waals surface area contributed by atoms with E-state index < -0.39 is 0 Å². The Hall–Kier alpha value is -2.10. The molecule has 0 unspecified atom stereocenters. The SMILES string of the molecule is CC(=O)N(C)c1ccc(OC(=O)CC2=CCCCC2)cc1. The topological polar surface area (TPSA) is 46.6 Å². The van der Waals surface area contributed by atoms with Gasteiger partial charge in [-0.1, -0.05) is 11.6 Å². The van der Waals surface area contributed by atoms with Crippen molar-refractivity contribution < 1.29 is 14.3 Å². The van der Waals surface area contributed by atoms with Crippen molar-refractivity contribution in [2.24, 2.45) is 0 Å². The fourth-order valence-electron chi connectivity index (χ4n) is 2.34. The Morgan fingerprint density at radius 1 is 1.19 bits per heavy atom. The van der Waals surface area contributed by atoms with E-state index in [1.165, 1.54) is 18.9 Å². The quantitative estimate of drug-likeness (QED) is 0.484. The summed E-state index contributed by atoms with van der Waals surface area (Å²) in [5.74, 6) is 0.247. The Labute approximate surface area is 125 Å². The number of ether oxygens (including phenoxy) is 1. The normalized spacial score (nSPS) is 14.3. The number of benzene rings is 1. The summed E-state index contributed by atoms with van der Waals surface area (Å²) in [6.07, 6.45) is 6.95. The number of amides is 1. The molecule has 0 saturated carbocycles. The zero-order valence-corrected chi connectivity index (χ0v) is 12.6. The molecule has 1 aromatic carbocycles. The second-order valence-electron chi connectivity index (χ2n) is 5.33. The van der Waals surface area contributed by atoms with E-state index in [9.17, 15) is 9.59 Å². The van der Waals surface area contributed by atoms with Gasteiger partial charge in [0.1, 0.15) is 5.75 Å². The van der Waals surface area contributed by atoms with Crippen LogP contribution in [0.4, 0.5) is 5.69 Å². The molecule has 1 aliphatic rings. The molecule has 0 radical (unpaired) electrons. The van der Waals surface area contributed by atoms with Crippen molar-refractivity contribution in [3.8, 4) is 5.75 Å². The molecule has 0 aliphatic heterocycles. The molecule has 4 nitrogen and oxygen atoms in total. The smallest absolute Gasteiger partial charge is 0.315 e. The molecule has 0 atom stereocenters. The maximum absolute atomic E-state index is 11.9. The van der Waals surface area contributed by atoms with Crippen LogP contribution in [0.5, 0.6) is 5.75 Å². The van der Waals surface area contributed by atoms with Gasteiger partial charge in [0.25, 0.3) is 0 Å². The molecule has 1 aliphatic carbocycles. The summed E-state index contributed by atoms with van der Waals surface area (Å²) in [6, 6.07) is 6.96. The third-order valence-electron chi connectivity index (χ3n) is 3.68. The van der Waals surface area contributed by atoms with Crippen LogP contribution < -0.4 is 9.64 Å². The van der Waals surface area contributed by atoms with E-state index in [1.807, 2.05) is 0 Å². The van der Waals surface area contributed by atoms with Crippen LogP contribution in [-0.2, 0) is 9.59 Å². The lowest BCUT2D eigenvalue weighted by atomic mass is 9.97. The predicted molar refractivity (Wildman–Crippen MR) is 82.3 cm³/mol. The second-order valence-corrected chi connectivity index (χ2v) is 5.33. The van der Waals surface area contributed by atoms with Gasteiger partial charge in [0.15, 0.2) is 0 Å². The Kier molecular flexibility index (Phi) is 5.14. The highest BCUT2D eigenvalue weighted by atomic mass is 16.5. The number of allylic oxidation sites excluding steroid dienone is 1. The lowest BCUT2D eigenvalue weighted by Crippen LogP contribution is -2.22. The van der Waals surface area contributed by atoms with E-state index in [0.717, 1.165) is 24.9 Å². The monoisotopic (exact) mass is 287 g/mol. The molecule has 1 amide bonds. The number of nitrogens with zero attached hydrogens (tertiary/aromatic N) is 1. The van der Waals surface area contributed by atoms with Gasteiger partial charge >= 0.3 is 5.97 Å². The number of hydrogen-bond donors (Lipinski definition) is 0. The maximum Gasteiger partial charge on any atom is 0.315 e. The first-order chi connectivity index (χ1) is 10.1. The van der Waals surface area contributed by atoms with Gasteiger partial charge in [-0.05, 0) is 49.9 Å². The highest BCUT2D eigenvalue weighted by Gasteiger charge is 2.11. The lowest BCUT2D eigenvalue weighted by molar-refractivity contribution is -0.133. The minimum absolute atomic E-state index is 0.0380. The van der Waals surface area contributed by atoms with Crippen molar-refractivity contribution >= 4 is 17.6 Å².